The summed E-state index contributed by atoms with van der Waals surface area (Å²) in [5.41, 5.74) is 3.38. The largest absolute Gasteiger partial charge is 0.308 e. The predicted octanol–water partition coefficient (Wildman–Crippen LogP) is 3.77. The molecule has 0 bridgehead atoms. The van der Waals surface area contributed by atoms with Crippen molar-refractivity contribution in [1.29, 1.82) is 0 Å². The van der Waals surface area contributed by atoms with Gasteiger partial charge < -0.3 is 5.32 Å². The van der Waals surface area contributed by atoms with E-state index >= 15 is 0 Å². The highest BCUT2D eigenvalue weighted by molar-refractivity contribution is 5.37. The Bertz CT molecular complexity index is 474. The number of piperidine rings is 1. The Morgan fingerprint density at radius 1 is 1.19 bits per heavy atom. The van der Waals surface area contributed by atoms with Crippen LogP contribution in [0.5, 0.6) is 0 Å². The zero-order valence-corrected chi connectivity index (χ0v) is 13.9. The van der Waals surface area contributed by atoms with Crippen LogP contribution >= 0.6 is 0 Å². The van der Waals surface area contributed by atoms with Crippen molar-refractivity contribution in [3.8, 4) is 0 Å². The van der Waals surface area contributed by atoms with Gasteiger partial charge in [-0.25, -0.2) is 0 Å². The van der Waals surface area contributed by atoms with Gasteiger partial charge in [-0.3, -0.25) is 4.90 Å². The van der Waals surface area contributed by atoms with Gasteiger partial charge in [-0.05, 0) is 55.8 Å². The molecule has 116 valence electrons. The fourth-order valence-corrected chi connectivity index (χ4v) is 4.15. The van der Waals surface area contributed by atoms with Crippen LogP contribution < -0.4 is 5.32 Å². The molecule has 2 aliphatic rings. The molecule has 1 N–H and O–H groups in total. The monoisotopic (exact) mass is 286 g/mol. The lowest BCUT2D eigenvalue weighted by Crippen LogP contribution is -2.45. The van der Waals surface area contributed by atoms with Gasteiger partial charge >= 0.3 is 0 Å². The summed E-state index contributed by atoms with van der Waals surface area (Å²) in [6.45, 7) is 10.8. The van der Waals surface area contributed by atoms with Crippen LogP contribution in [0.2, 0.25) is 0 Å². The van der Waals surface area contributed by atoms with Crippen LogP contribution in [0, 0.1) is 5.41 Å². The lowest BCUT2D eigenvalue weighted by molar-refractivity contribution is 0.158. The van der Waals surface area contributed by atoms with E-state index in [-0.39, 0.29) is 0 Å². The molecular weight excluding hydrogens is 256 g/mol. The summed E-state index contributed by atoms with van der Waals surface area (Å²) >= 11 is 0. The fourth-order valence-electron chi connectivity index (χ4n) is 4.15. The van der Waals surface area contributed by atoms with Gasteiger partial charge in [0.05, 0.1) is 0 Å². The summed E-state index contributed by atoms with van der Waals surface area (Å²) < 4.78 is 0. The molecule has 21 heavy (non-hydrogen) atoms. The number of benzene rings is 1. The molecule has 1 fully saturated rings. The minimum absolute atomic E-state index is 0.325. The number of rotatable bonds is 4. The van der Waals surface area contributed by atoms with Crippen molar-refractivity contribution < 1.29 is 0 Å². The summed E-state index contributed by atoms with van der Waals surface area (Å²) in [6, 6.07) is 10.1. The van der Waals surface area contributed by atoms with Gasteiger partial charge in [0.25, 0.3) is 0 Å². The molecule has 0 saturated carbocycles. The molecule has 2 unspecified atom stereocenters. The van der Waals surface area contributed by atoms with Gasteiger partial charge in [-0.15, -0.1) is 0 Å². The summed E-state index contributed by atoms with van der Waals surface area (Å²) in [6.07, 6.45) is 5.36. The Hall–Kier alpha value is -0.860. The topological polar surface area (TPSA) is 15.3 Å². The number of fused-ring (bicyclic) bond motifs is 1. The average molecular weight is 286 g/mol. The van der Waals surface area contributed by atoms with Gasteiger partial charge in [0.1, 0.15) is 0 Å². The second kappa shape index (κ2) is 6.10. The van der Waals surface area contributed by atoms with Crippen molar-refractivity contribution in [2.75, 3.05) is 19.6 Å². The molecule has 1 aromatic carbocycles. The maximum absolute atomic E-state index is 3.88. The molecule has 3 rings (SSSR count). The van der Waals surface area contributed by atoms with Crippen molar-refractivity contribution in [3.05, 3.63) is 35.4 Å². The van der Waals surface area contributed by atoms with Gasteiger partial charge in [0, 0.05) is 18.6 Å². The van der Waals surface area contributed by atoms with Crippen molar-refractivity contribution in [1.82, 2.24) is 10.2 Å². The molecule has 1 aromatic rings. The van der Waals surface area contributed by atoms with Gasteiger partial charge in [0.15, 0.2) is 0 Å². The van der Waals surface area contributed by atoms with Crippen LogP contribution in [-0.2, 0) is 6.42 Å². The standard InChI is InChI=1S/C19H30N2/c1-15(21-11-7-4-8-12-21)14-20-18-17-10-6-5-9-16(17)13-19(18,2)3/h5-6,9-10,15,18,20H,4,7-8,11-14H2,1-3H3. The number of likely N-dealkylation sites (tertiary alicyclic amines) is 1. The lowest BCUT2D eigenvalue weighted by Gasteiger charge is -2.35. The third kappa shape index (κ3) is 3.17. The van der Waals surface area contributed by atoms with Crippen LogP contribution in [0.4, 0.5) is 0 Å². The fraction of sp³-hybridized carbons (Fsp3) is 0.684. The van der Waals surface area contributed by atoms with Crippen LogP contribution in [-0.4, -0.2) is 30.6 Å². The minimum Gasteiger partial charge on any atom is -0.308 e. The molecular formula is C19H30N2. The Balaban J connectivity index is 1.64. The number of nitrogens with one attached hydrogen (secondary N) is 1. The molecule has 1 aliphatic heterocycles. The van der Waals surface area contributed by atoms with Gasteiger partial charge in [-0.1, -0.05) is 44.5 Å². The highest BCUT2D eigenvalue weighted by Crippen LogP contribution is 2.44. The molecule has 2 atom stereocenters. The Labute approximate surface area is 129 Å². The second-order valence-corrected chi connectivity index (χ2v) is 7.65. The Morgan fingerprint density at radius 2 is 1.90 bits per heavy atom. The molecule has 0 spiro atoms. The Morgan fingerprint density at radius 3 is 2.67 bits per heavy atom. The number of nitrogens with zero attached hydrogens (tertiary/aromatic N) is 1. The number of hydrogen-bond acceptors (Lipinski definition) is 2. The van der Waals surface area contributed by atoms with E-state index in [4.69, 9.17) is 0 Å². The average Bonchev–Trinajstić information content (AvgIpc) is 2.75. The zero-order valence-electron chi connectivity index (χ0n) is 13.9. The molecule has 0 radical (unpaired) electrons. The molecule has 0 aromatic heterocycles. The Kier molecular flexibility index (Phi) is 4.37. The van der Waals surface area contributed by atoms with Crippen LogP contribution in [0.15, 0.2) is 24.3 Å². The smallest absolute Gasteiger partial charge is 0.0378 e. The second-order valence-electron chi connectivity index (χ2n) is 7.65. The number of hydrogen-bond donors (Lipinski definition) is 1. The highest BCUT2D eigenvalue weighted by atomic mass is 15.2. The third-order valence-corrected chi connectivity index (χ3v) is 5.43. The van der Waals surface area contributed by atoms with Crippen molar-refractivity contribution >= 4 is 0 Å². The van der Waals surface area contributed by atoms with Crippen LogP contribution in [0.25, 0.3) is 0 Å². The van der Waals surface area contributed by atoms with Crippen LogP contribution in [0.1, 0.15) is 57.2 Å². The van der Waals surface area contributed by atoms with E-state index in [1.54, 1.807) is 0 Å². The van der Waals surface area contributed by atoms with E-state index in [1.165, 1.54) is 49.9 Å². The predicted molar refractivity (Wildman–Crippen MR) is 89.6 cm³/mol. The summed E-state index contributed by atoms with van der Waals surface area (Å²) in [4.78, 5) is 2.66. The normalized spacial score (nSPS) is 26.5. The molecule has 1 aliphatic carbocycles. The molecule has 1 saturated heterocycles. The van der Waals surface area contributed by atoms with Gasteiger partial charge in [0.2, 0.25) is 0 Å². The van der Waals surface area contributed by atoms with Crippen molar-refractivity contribution in [2.45, 2.75) is 58.5 Å². The minimum atomic E-state index is 0.325. The summed E-state index contributed by atoms with van der Waals surface area (Å²) in [5, 5.41) is 3.88. The summed E-state index contributed by atoms with van der Waals surface area (Å²) in [7, 11) is 0. The molecule has 1 heterocycles. The molecule has 2 heteroatoms. The SMILES string of the molecule is CC(CNC1c2ccccc2CC1(C)C)N1CCCCC1. The third-order valence-electron chi connectivity index (χ3n) is 5.43. The van der Waals surface area contributed by atoms with E-state index in [9.17, 15) is 0 Å². The van der Waals surface area contributed by atoms with Gasteiger partial charge in [-0.2, -0.15) is 0 Å². The molecule has 2 nitrogen and oxygen atoms in total. The first-order valence-electron chi connectivity index (χ1n) is 8.63. The lowest BCUT2D eigenvalue weighted by atomic mass is 9.85. The van der Waals surface area contributed by atoms with E-state index in [0.29, 0.717) is 17.5 Å². The first-order chi connectivity index (χ1) is 10.1. The van der Waals surface area contributed by atoms with Crippen LogP contribution in [0.3, 0.4) is 0 Å². The van der Waals surface area contributed by atoms with Crippen molar-refractivity contribution in [3.63, 3.8) is 0 Å². The highest BCUT2D eigenvalue weighted by Gasteiger charge is 2.38. The van der Waals surface area contributed by atoms with E-state index in [0.717, 1.165) is 6.54 Å². The van der Waals surface area contributed by atoms with E-state index < -0.39 is 0 Å². The first kappa shape index (κ1) is 15.1. The zero-order chi connectivity index (χ0) is 14.9. The maximum atomic E-state index is 3.88. The maximum Gasteiger partial charge on any atom is 0.0378 e. The first-order valence-corrected chi connectivity index (χ1v) is 8.63. The quantitative estimate of drug-likeness (QED) is 0.906. The van der Waals surface area contributed by atoms with E-state index in [1.807, 2.05) is 0 Å². The van der Waals surface area contributed by atoms with E-state index in [2.05, 4.69) is 55.3 Å². The molecule has 0 amide bonds. The summed E-state index contributed by atoms with van der Waals surface area (Å²) in [5.74, 6) is 0. The van der Waals surface area contributed by atoms with Crippen molar-refractivity contribution in [2.24, 2.45) is 5.41 Å².